The van der Waals surface area contributed by atoms with Gasteiger partial charge in [-0.05, 0) is 43.5 Å². The van der Waals surface area contributed by atoms with E-state index in [-0.39, 0.29) is 11.5 Å². The van der Waals surface area contributed by atoms with Crippen LogP contribution in [0.4, 0.5) is 0 Å². The van der Waals surface area contributed by atoms with Gasteiger partial charge in [-0.2, -0.15) is 0 Å². The lowest BCUT2D eigenvalue weighted by molar-refractivity contribution is 0.0695. The number of carbonyl (C=O) groups is 2. The lowest BCUT2D eigenvalue weighted by atomic mass is 10.1. The molecule has 4 rings (SSSR count). The highest BCUT2D eigenvalue weighted by Crippen LogP contribution is 2.40. The molecule has 2 heterocycles. The van der Waals surface area contributed by atoms with E-state index in [2.05, 4.69) is 10.1 Å². The number of pyridine rings is 1. The summed E-state index contributed by atoms with van der Waals surface area (Å²) in [4.78, 5) is 30.2. The molecule has 1 aliphatic rings. The molecule has 27 heavy (non-hydrogen) atoms. The number of amides is 1. The first-order chi connectivity index (χ1) is 12.9. The van der Waals surface area contributed by atoms with Crippen LogP contribution in [0.5, 0.6) is 0 Å². The van der Waals surface area contributed by atoms with Gasteiger partial charge in [-0.15, -0.1) is 0 Å². The van der Waals surface area contributed by atoms with Gasteiger partial charge in [0.25, 0.3) is 11.6 Å². The minimum atomic E-state index is -0.972. The van der Waals surface area contributed by atoms with Crippen LogP contribution in [0.25, 0.3) is 11.1 Å². The van der Waals surface area contributed by atoms with E-state index in [0.29, 0.717) is 34.8 Å². The fourth-order valence-electron chi connectivity index (χ4n) is 3.17. The van der Waals surface area contributed by atoms with Crippen LogP contribution in [0.3, 0.4) is 0 Å². The summed E-state index contributed by atoms with van der Waals surface area (Å²) in [6, 6.07) is 8.37. The maximum Gasteiger partial charge on any atom is 0.335 e. The van der Waals surface area contributed by atoms with E-state index in [0.717, 1.165) is 24.1 Å². The third kappa shape index (κ3) is 3.28. The molecule has 1 amide bonds. The van der Waals surface area contributed by atoms with Crippen molar-refractivity contribution in [1.29, 1.82) is 0 Å². The topological polar surface area (TPSA) is 96.5 Å². The summed E-state index contributed by atoms with van der Waals surface area (Å²) in [7, 11) is 1.72. The molecule has 3 aromatic rings. The quantitative estimate of drug-likeness (QED) is 0.744. The number of hydrogen-bond acceptors (Lipinski definition) is 5. The van der Waals surface area contributed by atoms with Crippen LogP contribution >= 0.6 is 0 Å². The van der Waals surface area contributed by atoms with E-state index >= 15 is 0 Å². The zero-order valence-corrected chi connectivity index (χ0v) is 15.1. The third-order valence-electron chi connectivity index (χ3n) is 4.83. The maximum absolute atomic E-state index is 13.1. The maximum atomic E-state index is 13.1. The number of hydrogen-bond donors (Lipinski definition) is 1. The second kappa shape index (κ2) is 6.50. The third-order valence-corrected chi connectivity index (χ3v) is 4.83. The van der Waals surface area contributed by atoms with Crippen molar-refractivity contribution in [3.63, 3.8) is 0 Å². The zero-order valence-electron chi connectivity index (χ0n) is 15.1. The van der Waals surface area contributed by atoms with Crippen molar-refractivity contribution >= 4 is 23.0 Å². The number of aromatic carboxylic acids is 1. The average Bonchev–Trinajstić information content (AvgIpc) is 3.44. The first kappa shape index (κ1) is 17.2. The number of aryl methyl sites for hydroxylation is 1. The molecular formula is C20H19N3O4. The number of nitrogens with zero attached hydrogens (tertiary/aromatic N) is 3. The Hall–Kier alpha value is -3.22. The van der Waals surface area contributed by atoms with E-state index in [4.69, 9.17) is 9.63 Å². The summed E-state index contributed by atoms with van der Waals surface area (Å²) >= 11 is 0. The van der Waals surface area contributed by atoms with Crippen molar-refractivity contribution in [1.82, 2.24) is 15.0 Å². The molecular weight excluding hydrogens is 346 g/mol. The standard InChI is InChI=1S/C20H19N3O4/c1-11-17-15(9-16(13-7-8-13)21-18(17)27-22-11)19(24)23(2)10-12-3-5-14(6-4-12)20(25)26/h3-6,9,13H,7-8,10H2,1-2H3,(H,25,26). The monoisotopic (exact) mass is 365 g/mol. The first-order valence-corrected chi connectivity index (χ1v) is 8.78. The molecule has 0 unspecified atom stereocenters. The number of carboxylic acids is 1. The molecule has 0 saturated heterocycles. The normalized spacial score (nSPS) is 13.7. The van der Waals surface area contributed by atoms with Crippen LogP contribution in [-0.4, -0.2) is 39.1 Å². The minimum absolute atomic E-state index is 0.141. The van der Waals surface area contributed by atoms with E-state index in [1.54, 1.807) is 31.0 Å². The van der Waals surface area contributed by atoms with Crippen molar-refractivity contribution < 1.29 is 19.2 Å². The molecule has 0 atom stereocenters. The van der Waals surface area contributed by atoms with Gasteiger partial charge < -0.3 is 14.5 Å². The molecule has 0 bridgehead atoms. The van der Waals surface area contributed by atoms with Gasteiger partial charge in [0.15, 0.2) is 0 Å². The van der Waals surface area contributed by atoms with E-state index < -0.39 is 5.97 Å². The Morgan fingerprint density at radius 1 is 1.26 bits per heavy atom. The lowest BCUT2D eigenvalue weighted by Crippen LogP contribution is -2.26. The Morgan fingerprint density at radius 3 is 2.59 bits per heavy atom. The molecule has 0 aliphatic heterocycles. The number of carboxylic acid groups (broad SMARTS) is 1. The Morgan fingerprint density at radius 2 is 1.96 bits per heavy atom. The molecule has 1 saturated carbocycles. The fourth-order valence-corrected chi connectivity index (χ4v) is 3.17. The number of fused-ring (bicyclic) bond motifs is 1. The van der Waals surface area contributed by atoms with Gasteiger partial charge >= 0.3 is 5.97 Å². The van der Waals surface area contributed by atoms with Crippen LogP contribution in [0.1, 0.15) is 56.4 Å². The van der Waals surface area contributed by atoms with Gasteiger partial charge in [0, 0.05) is 25.2 Å². The van der Waals surface area contributed by atoms with E-state index in [9.17, 15) is 9.59 Å². The average molecular weight is 365 g/mol. The molecule has 0 spiro atoms. The molecule has 7 nitrogen and oxygen atoms in total. The smallest absolute Gasteiger partial charge is 0.335 e. The Labute approximate surface area is 155 Å². The van der Waals surface area contributed by atoms with Crippen molar-refractivity contribution in [2.24, 2.45) is 0 Å². The zero-order chi connectivity index (χ0) is 19.1. The van der Waals surface area contributed by atoms with Crippen LogP contribution in [0.2, 0.25) is 0 Å². The summed E-state index contributed by atoms with van der Waals surface area (Å²) in [5.41, 5.74) is 3.54. The van der Waals surface area contributed by atoms with Crippen LogP contribution < -0.4 is 0 Å². The summed E-state index contributed by atoms with van der Waals surface area (Å²) in [5, 5.41) is 13.6. The van der Waals surface area contributed by atoms with Gasteiger partial charge in [0.05, 0.1) is 22.2 Å². The SMILES string of the molecule is Cc1noc2nc(C3CC3)cc(C(=O)N(C)Cc3ccc(C(=O)O)cc3)c12. The molecule has 138 valence electrons. The lowest BCUT2D eigenvalue weighted by Gasteiger charge is -2.18. The number of carbonyl (C=O) groups excluding carboxylic acids is 1. The minimum Gasteiger partial charge on any atom is -0.478 e. The Balaban J connectivity index is 1.63. The first-order valence-electron chi connectivity index (χ1n) is 8.78. The fraction of sp³-hybridized carbons (Fsp3) is 0.300. The van der Waals surface area contributed by atoms with Gasteiger partial charge in [0.1, 0.15) is 0 Å². The number of rotatable bonds is 5. The van der Waals surface area contributed by atoms with Crippen molar-refractivity contribution in [3.05, 3.63) is 58.4 Å². The van der Waals surface area contributed by atoms with Crippen molar-refractivity contribution in [3.8, 4) is 0 Å². The van der Waals surface area contributed by atoms with Crippen LogP contribution in [-0.2, 0) is 6.54 Å². The summed E-state index contributed by atoms with van der Waals surface area (Å²) < 4.78 is 5.30. The second-order valence-corrected chi connectivity index (χ2v) is 6.98. The molecule has 1 N–H and O–H groups in total. The van der Waals surface area contributed by atoms with Crippen molar-refractivity contribution in [2.45, 2.75) is 32.2 Å². The number of benzene rings is 1. The highest BCUT2D eigenvalue weighted by molar-refractivity contribution is 6.06. The molecule has 2 aromatic heterocycles. The summed E-state index contributed by atoms with van der Waals surface area (Å²) in [6.45, 7) is 2.16. The van der Waals surface area contributed by atoms with Crippen molar-refractivity contribution in [2.75, 3.05) is 7.05 Å². The predicted molar refractivity (Wildman–Crippen MR) is 97.7 cm³/mol. The summed E-state index contributed by atoms with van der Waals surface area (Å²) in [6.07, 6.45) is 2.15. The highest BCUT2D eigenvalue weighted by atomic mass is 16.5. The van der Waals surface area contributed by atoms with E-state index in [1.807, 2.05) is 6.07 Å². The van der Waals surface area contributed by atoms with Crippen LogP contribution in [0, 0.1) is 6.92 Å². The van der Waals surface area contributed by atoms with Gasteiger partial charge in [0.2, 0.25) is 0 Å². The van der Waals surface area contributed by atoms with Crippen LogP contribution in [0.15, 0.2) is 34.9 Å². The molecule has 7 heteroatoms. The van der Waals surface area contributed by atoms with E-state index in [1.165, 1.54) is 12.1 Å². The van der Waals surface area contributed by atoms with Gasteiger partial charge in [-0.3, -0.25) is 4.79 Å². The molecule has 1 fully saturated rings. The summed E-state index contributed by atoms with van der Waals surface area (Å²) in [5.74, 6) is -0.723. The van der Waals surface area contributed by atoms with Gasteiger partial charge in [-0.25, -0.2) is 9.78 Å². The largest absolute Gasteiger partial charge is 0.478 e. The number of aromatic nitrogens is 2. The molecule has 1 aliphatic carbocycles. The Kier molecular flexibility index (Phi) is 4.14. The predicted octanol–water partition coefficient (Wildman–Crippen LogP) is 3.38. The molecule has 0 radical (unpaired) electrons. The second-order valence-electron chi connectivity index (χ2n) is 6.98. The Bertz CT molecular complexity index is 1040. The molecule has 1 aromatic carbocycles. The van der Waals surface area contributed by atoms with Gasteiger partial charge in [-0.1, -0.05) is 17.3 Å². The highest BCUT2D eigenvalue weighted by Gasteiger charge is 2.29.